The molecule has 0 aliphatic carbocycles. The molecule has 0 spiro atoms. The van der Waals surface area contributed by atoms with Gasteiger partial charge in [-0.1, -0.05) is 79.6 Å². The Morgan fingerprint density at radius 2 is 1.48 bits per heavy atom. The van der Waals surface area contributed by atoms with Crippen molar-refractivity contribution < 1.29 is 18.3 Å². The van der Waals surface area contributed by atoms with E-state index in [2.05, 4.69) is 0 Å². The number of benzene rings is 2. The summed E-state index contributed by atoms with van der Waals surface area (Å²) in [5.41, 5.74) is 3.13. The lowest BCUT2D eigenvalue weighted by Crippen LogP contribution is -2.30. The third-order valence-corrected chi connectivity index (χ3v) is 5.87. The van der Waals surface area contributed by atoms with Gasteiger partial charge in [-0.15, -0.1) is 0 Å². The highest BCUT2D eigenvalue weighted by molar-refractivity contribution is 7.88. The summed E-state index contributed by atoms with van der Waals surface area (Å²) in [6.07, 6.45) is 8.45. The van der Waals surface area contributed by atoms with Crippen LogP contribution in [0.5, 0.6) is 0 Å². The predicted molar refractivity (Wildman–Crippen MR) is 118 cm³/mol. The molecule has 0 bridgehead atoms. The van der Waals surface area contributed by atoms with E-state index in [1.807, 2.05) is 66.7 Å². The standard InChI is InChI=1S/C23H29NO4S/c1-29(27,28)24(18-8-3-2-7-11-23(25)26)19-22-16-14-21(15-17-22)13-12-20-9-5-4-6-10-20/h4-6,9-10,12-17H,2-3,7-8,11,18-19H2,1H3,(H,25,26)/b13-12+. The average molecular weight is 416 g/mol. The zero-order valence-electron chi connectivity index (χ0n) is 16.8. The molecule has 29 heavy (non-hydrogen) atoms. The monoisotopic (exact) mass is 415 g/mol. The maximum absolute atomic E-state index is 12.1. The topological polar surface area (TPSA) is 74.7 Å². The molecule has 0 fully saturated rings. The molecule has 0 saturated heterocycles. The molecule has 0 unspecified atom stereocenters. The summed E-state index contributed by atoms with van der Waals surface area (Å²) in [6, 6.07) is 17.9. The molecule has 0 amide bonds. The number of carboxylic acid groups (broad SMARTS) is 1. The van der Waals surface area contributed by atoms with Crippen molar-refractivity contribution in [2.75, 3.05) is 12.8 Å². The first-order valence-corrected chi connectivity index (χ1v) is 11.7. The van der Waals surface area contributed by atoms with Crippen LogP contribution in [0.3, 0.4) is 0 Å². The summed E-state index contributed by atoms with van der Waals surface area (Å²) in [4.78, 5) is 10.5. The van der Waals surface area contributed by atoms with Crippen LogP contribution in [0.2, 0.25) is 0 Å². The third-order valence-electron chi connectivity index (χ3n) is 4.62. The molecular formula is C23H29NO4S. The van der Waals surface area contributed by atoms with Gasteiger partial charge in [0.2, 0.25) is 10.0 Å². The van der Waals surface area contributed by atoms with E-state index < -0.39 is 16.0 Å². The summed E-state index contributed by atoms with van der Waals surface area (Å²) in [6.45, 7) is 0.790. The lowest BCUT2D eigenvalue weighted by atomic mass is 10.1. The molecule has 0 radical (unpaired) electrons. The zero-order valence-corrected chi connectivity index (χ0v) is 17.6. The third kappa shape index (κ3) is 9.07. The molecule has 0 aliphatic heterocycles. The number of nitrogens with zero attached hydrogens (tertiary/aromatic N) is 1. The molecule has 2 rings (SSSR count). The fourth-order valence-electron chi connectivity index (χ4n) is 2.97. The number of rotatable bonds is 12. The largest absolute Gasteiger partial charge is 0.481 e. The van der Waals surface area contributed by atoms with Crippen LogP contribution in [-0.2, 0) is 21.4 Å². The number of hydrogen-bond donors (Lipinski definition) is 1. The Kier molecular flexibility index (Phi) is 9.09. The van der Waals surface area contributed by atoms with E-state index in [-0.39, 0.29) is 6.42 Å². The second-order valence-corrected chi connectivity index (χ2v) is 9.12. The van der Waals surface area contributed by atoms with Crippen molar-refractivity contribution in [2.24, 2.45) is 0 Å². The number of unbranched alkanes of at least 4 members (excludes halogenated alkanes) is 3. The van der Waals surface area contributed by atoms with Gasteiger partial charge in [-0.05, 0) is 29.5 Å². The molecular weight excluding hydrogens is 386 g/mol. The molecule has 2 aromatic carbocycles. The minimum atomic E-state index is -3.30. The molecule has 156 valence electrons. The Morgan fingerprint density at radius 1 is 0.897 bits per heavy atom. The van der Waals surface area contributed by atoms with Crippen LogP contribution >= 0.6 is 0 Å². The summed E-state index contributed by atoms with van der Waals surface area (Å²) < 4.78 is 25.7. The smallest absolute Gasteiger partial charge is 0.303 e. The Labute approximate surface area is 173 Å². The van der Waals surface area contributed by atoms with Gasteiger partial charge in [0.15, 0.2) is 0 Å². The highest BCUT2D eigenvalue weighted by Crippen LogP contribution is 2.14. The van der Waals surface area contributed by atoms with E-state index in [1.54, 1.807) is 0 Å². The quantitative estimate of drug-likeness (QED) is 0.404. The fraction of sp³-hybridized carbons (Fsp3) is 0.348. The highest BCUT2D eigenvalue weighted by atomic mass is 32.2. The van der Waals surface area contributed by atoms with Crippen LogP contribution in [0.15, 0.2) is 54.6 Å². The average Bonchev–Trinajstić information content (AvgIpc) is 2.69. The van der Waals surface area contributed by atoms with Gasteiger partial charge < -0.3 is 5.11 Å². The highest BCUT2D eigenvalue weighted by Gasteiger charge is 2.16. The van der Waals surface area contributed by atoms with Gasteiger partial charge in [0.05, 0.1) is 6.26 Å². The van der Waals surface area contributed by atoms with E-state index in [0.717, 1.165) is 36.0 Å². The van der Waals surface area contributed by atoms with Gasteiger partial charge in [0.25, 0.3) is 0 Å². The van der Waals surface area contributed by atoms with Gasteiger partial charge in [0, 0.05) is 19.5 Å². The number of carboxylic acids is 1. The second kappa shape index (κ2) is 11.5. The SMILES string of the molecule is CS(=O)(=O)N(CCCCCCC(=O)O)Cc1ccc(/C=C/c2ccccc2)cc1. The van der Waals surface area contributed by atoms with E-state index in [4.69, 9.17) is 5.11 Å². The number of carbonyl (C=O) groups is 1. The summed E-state index contributed by atoms with van der Waals surface area (Å²) in [5, 5.41) is 8.65. The number of hydrogen-bond acceptors (Lipinski definition) is 3. The lowest BCUT2D eigenvalue weighted by Gasteiger charge is -2.20. The van der Waals surface area contributed by atoms with Gasteiger partial charge in [-0.2, -0.15) is 4.31 Å². The first kappa shape index (κ1) is 22.8. The van der Waals surface area contributed by atoms with Crippen molar-refractivity contribution >= 4 is 28.1 Å². The van der Waals surface area contributed by atoms with E-state index in [9.17, 15) is 13.2 Å². The molecule has 1 N–H and O–H groups in total. The van der Waals surface area contributed by atoms with Crippen LogP contribution in [-0.4, -0.2) is 36.6 Å². The summed E-state index contributed by atoms with van der Waals surface area (Å²) in [5.74, 6) is -0.787. The lowest BCUT2D eigenvalue weighted by molar-refractivity contribution is -0.137. The zero-order chi connectivity index (χ0) is 21.1. The van der Waals surface area contributed by atoms with Gasteiger partial charge in [-0.25, -0.2) is 8.42 Å². The predicted octanol–water partition coefficient (Wildman–Crippen LogP) is 4.65. The molecule has 0 saturated carbocycles. The first-order chi connectivity index (χ1) is 13.8. The van der Waals surface area contributed by atoms with E-state index >= 15 is 0 Å². The summed E-state index contributed by atoms with van der Waals surface area (Å²) >= 11 is 0. The molecule has 0 heterocycles. The van der Waals surface area contributed by atoms with E-state index in [1.165, 1.54) is 10.6 Å². The van der Waals surface area contributed by atoms with Crippen molar-refractivity contribution in [1.82, 2.24) is 4.31 Å². The first-order valence-electron chi connectivity index (χ1n) is 9.83. The van der Waals surface area contributed by atoms with Crippen LogP contribution < -0.4 is 0 Å². The molecule has 0 atom stereocenters. The molecule has 5 nitrogen and oxygen atoms in total. The Balaban J connectivity index is 1.88. The minimum absolute atomic E-state index is 0.168. The van der Waals surface area contributed by atoms with Crippen LogP contribution in [0.1, 0.15) is 48.8 Å². The fourth-order valence-corrected chi connectivity index (χ4v) is 3.82. The van der Waals surface area contributed by atoms with Crippen LogP contribution in [0, 0.1) is 0 Å². The maximum atomic E-state index is 12.1. The van der Waals surface area contributed by atoms with E-state index in [0.29, 0.717) is 19.5 Å². The van der Waals surface area contributed by atoms with Crippen molar-refractivity contribution in [3.8, 4) is 0 Å². The van der Waals surface area contributed by atoms with Gasteiger partial charge in [-0.3, -0.25) is 4.79 Å². The maximum Gasteiger partial charge on any atom is 0.303 e. The Hall–Kier alpha value is -2.44. The summed E-state index contributed by atoms with van der Waals surface area (Å²) in [7, 11) is -3.30. The second-order valence-electron chi connectivity index (χ2n) is 7.14. The van der Waals surface area contributed by atoms with Crippen molar-refractivity contribution in [2.45, 2.75) is 38.6 Å². The van der Waals surface area contributed by atoms with Crippen molar-refractivity contribution in [1.29, 1.82) is 0 Å². The number of sulfonamides is 1. The van der Waals surface area contributed by atoms with Crippen LogP contribution in [0.25, 0.3) is 12.2 Å². The van der Waals surface area contributed by atoms with Crippen molar-refractivity contribution in [3.63, 3.8) is 0 Å². The van der Waals surface area contributed by atoms with Gasteiger partial charge in [0.1, 0.15) is 0 Å². The molecule has 6 heteroatoms. The van der Waals surface area contributed by atoms with Crippen molar-refractivity contribution in [3.05, 3.63) is 71.3 Å². The number of aliphatic carboxylic acids is 1. The van der Waals surface area contributed by atoms with Gasteiger partial charge >= 0.3 is 5.97 Å². The minimum Gasteiger partial charge on any atom is -0.481 e. The molecule has 0 aliphatic rings. The Morgan fingerprint density at radius 3 is 2.07 bits per heavy atom. The molecule has 2 aromatic rings. The molecule has 0 aromatic heterocycles. The Bertz CT molecular complexity index is 890. The normalized spacial score (nSPS) is 11.9. The van der Waals surface area contributed by atoms with Crippen LogP contribution in [0.4, 0.5) is 0 Å².